The number of nitrogens with one attached hydrogen (secondary N) is 1. The number of benzene rings is 1. The highest BCUT2D eigenvalue weighted by Gasteiger charge is 2.17. The number of hydrogen-bond donors (Lipinski definition) is 5. The van der Waals surface area contributed by atoms with Crippen molar-refractivity contribution in [3.05, 3.63) is 46.7 Å². The Balaban J connectivity index is 2.18. The summed E-state index contributed by atoms with van der Waals surface area (Å²) in [4.78, 5) is 24.3. The number of aromatic nitrogens is 2. The zero-order valence-electron chi connectivity index (χ0n) is 14.0. The van der Waals surface area contributed by atoms with Crippen molar-refractivity contribution in [2.45, 2.75) is 18.9 Å². The molecule has 0 aliphatic carbocycles. The molecule has 1 aromatic heterocycles. The molecule has 2 aromatic rings. The van der Waals surface area contributed by atoms with Crippen LogP contribution in [0.1, 0.15) is 34.9 Å². The van der Waals surface area contributed by atoms with Gasteiger partial charge in [-0.05, 0) is 24.9 Å². The molecule has 0 fully saturated rings. The quantitative estimate of drug-likeness (QED) is 0.366. The molecule has 10 heteroatoms. The predicted molar refractivity (Wildman–Crippen MR) is 102 cm³/mol. The monoisotopic (exact) mass is 376 g/mol. The highest BCUT2D eigenvalue weighted by atomic mass is 35.5. The molecule has 0 aliphatic heterocycles. The molecule has 9 N–H and O–H groups in total. The summed E-state index contributed by atoms with van der Waals surface area (Å²) in [6, 6.07) is 9.35. The summed E-state index contributed by atoms with van der Waals surface area (Å²) in [5.41, 5.74) is 23.4. The van der Waals surface area contributed by atoms with E-state index in [1.54, 1.807) is 0 Å². The smallest absolute Gasteiger partial charge is 0.280 e. The third-order valence-corrected chi connectivity index (χ3v) is 3.80. The first-order valence-electron chi connectivity index (χ1n) is 7.90. The molecular formula is C16H21ClN8O. The first kappa shape index (κ1) is 19.4. The molecule has 0 aliphatic rings. The lowest BCUT2D eigenvalue weighted by Crippen LogP contribution is -2.38. The van der Waals surface area contributed by atoms with Gasteiger partial charge in [0.25, 0.3) is 5.91 Å². The van der Waals surface area contributed by atoms with Gasteiger partial charge in [-0.15, -0.1) is 0 Å². The zero-order valence-corrected chi connectivity index (χ0v) is 14.8. The first-order valence-corrected chi connectivity index (χ1v) is 8.28. The average Bonchev–Trinajstić information content (AvgIpc) is 2.62. The molecule has 2 rings (SSSR count). The lowest BCUT2D eigenvalue weighted by molar-refractivity contribution is 0.0972. The highest BCUT2D eigenvalue weighted by molar-refractivity contribution is 6.31. The number of amides is 1. The number of hydrogen-bond acceptors (Lipinski definition) is 7. The minimum absolute atomic E-state index is 0.0618. The van der Waals surface area contributed by atoms with Crippen molar-refractivity contribution < 1.29 is 4.79 Å². The topological polar surface area (TPSA) is 171 Å². The van der Waals surface area contributed by atoms with Gasteiger partial charge < -0.3 is 22.9 Å². The third kappa shape index (κ3) is 5.04. The van der Waals surface area contributed by atoms with Crippen LogP contribution in [0.4, 0.5) is 11.6 Å². The van der Waals surface area contributed by atoms with Crippen molar-refractivity contribution in [3.63, 3.8) is 0 Å². The van der Waals surface area contributed by atoms with Crippen LogP contribution in [-0.2, 0) is 0 Å². The molecule has 0 spiro atoms. The Labute approximate surface area is 155 Å². The summed E-state index contributed by atoms with van der Waals surface area (Å²) in [5, 5.41) is 2.32. The van der Waals surface area contributed by atoms with Crippen LogP contribution in [0.3, 0.4) is 0 Å². The highest BCUT2D eigenvalue weighted by Crippen LogP contribution is 2.22. The second-order valence-corrected chi connectivity index (χ2v) is 5.82. The molecule has 9 nitrogen and oxygen atoms in total. The average molecular weight is 377 g/mol. The molecule has 26 heavy (non-hydrogen) atoms. The normalized spacial score (nSPS) is 12.6. The molecule has 1 aromatic carbocycles. The van der Waals surface area contributed by atoms with E-state index in [2.05, 4.69) is 20.3 Å². The number of nitrogen functional groups attached to an aromatic ring is 2. The van der Waals surface area contributed by atoms with E-state index in [4.69, 9.17) is 34.5 Å². The largest absolute Gasteiger partial charge is 0.382 e. The van der Waals surface area contributed by atoms with E-state index >= 15 is 0 Å². The lowest BCUT2D eigenvalue weighted by Gasteiger charge is -2.14. The predicted octanol–water partition coefficient (Wildman–Crippen LogP) is 0.819. The van der Waals surface area contributed by atoms with Gasteiger partial charge in [0.1, 0.15) is 0 Å². The van der Waals surface area contributed by atoms with Crippen LogP contribution in [0, 0.1) is 0 Å². The molecule has 0 bridgehead atoms. The maximum Gasteiger partial charge on any atom is 0.280 e. The number of anilines is 2. The van der Waals surface area contributed by atoms with Gasteiger partial charge in [-0.3, -0.25) is 10.1 Å². The fraction of sp³-hybridized carbons (Fsp3) is 0.250. The van der Waals surface area contributed by atoms with Gasteiger partial charge in [0, 0.05) is 0 Å². The van der Waals surface area contributed by atoms with E-state index in [9.17, 15) is 4.79 Å². The van der Waals surface area contributed by atoms with Crippen LogP contribution in [0.25, 0.3) is 0 Å². The van der Waals surface area contributed by atoms with E-state index in [1.165, 1.54) is 0 Å². The number of rotatable bonds is 6. The van der Waals surface area contributed by atoms with Gasteiger partial charge in [-0.1, -0.05) is 41.9 Å². The molecule has 0 radical (unpaired) electrons. The van der Waals surface area contributed by atoms with Gasteiger partial charge in [0.05, 0.1) is 6.04 Å². The van der Waals surface area contributed by atoms with Crippen LogP contribution in [0.15, 0.2) is 35.3 Å². The van der Waals surface area contributed by atoms with Crippen molar-refractivity contribution in [1.29, 1.82) is 0 Å². The van der Waals surface area contributed by atoms with E-state index < -0.39 is 5.91 Å². The van der Waals surface area contributed by atoms with E-state index in [-0.39, 0.29) is 34.5 Å². The Morgan fingerprint density at radius 1 is 1.19 bits per heavy atom. The van der Waals surface area contributed by atoms with E-state index in [0.717, 1.165) is 12.0 Å². The van der Waals surface area contributed by atoms with Gasteiger partial charge in [-0.2, -0.15) is 0 Å². The summed E-state index contributed by atoms with van der Waals surface area (Å²) < 4.78 is 0. The second-order valence-electron chi connectivity index (χ2n) is 5.46. The number of carbonyl (C=O) groups is 1. The molecule has 1 heterocycles. The maximum absolute atomic E-state index is 12.3. The van der Waals surface area contributed by atoms with E-state index in [0.29, 0.717) is 13.0 Å². The number of guanidine groups is 1. The first-order chi connectivity index (χ1) is 12.4. The summed E-state index contributed by atoms with van der Waals surface area (Å²) in [6.45, 7) is 0.529. The van der Waals surface area contributed by atoms with Gasteiger partial charge in [0.15, 0.2) is 28.4 Å². The number of halogens is 1. The number of aliphatic imine (C=N–C) groups is 1. The van der Waals surface area contributed by atoms with Crippen molar-refractivity contribution in [3.8, 4) is 0 Å². The van der Waals surface area contributed by atoms with Crippen LogP contribution in [0.2, 0.25) is 5.15 Å². The molecule has 1 amide bonds. The minimum Gasteiger partial charge on any atom is -0.382 e. The zero-order chi connectivity index (χ0) is 19.1. The molecule has 1 unspecified atom stereocenters. The van der Waals surface area contributed by atoms with E-state index in [1.807, 2.05) is 30.3 Å². The Morgan fingerprint density at radius 2 is 1.88 bits per heavy atom. The third-order valence-electron chi connectivity index (χ3n) is 3.52. The molecule has 0 saturated heterocycles. The SMILES string of the molecule is NCCCC(N=C(N)NC(=O)c1nc(Cl)c(N)nc1N)c1ccccc1. The molecule has 138 valence electrons. The Morgan fingerprint density at radius 3 is 2.54 bits per heavy atom. The Kier molecular flexibility index (Phi) is 6.70. The number of nitrogens with zero attached hydrogens (tertiary/aromatic N) is 3. The van der Waals surface area contributed by atoms with Crippen molar-refractivity contribution in [2.75, 3.05) is 18.0 Å². The molecular weight excluding hydrogens is 356 g/mol. The van der Waals surface area contributed by atoms with Crippen LogP contribution in [-0.4, -0.2) is 28.4 Å². The van der Waals surface area contributed by atoms with Gasteiger partial charge in [-0.25, -0.2) is 15.0 Å². The Bertz CT molecular complexity index is 796. The number of carbonyl (C=O) groups excluding carboxylic acids is 1. The van der Waals surface area contributed by atoms with Crippen LogP contribution < -0.4 is 28.3 Å². The van der Waals surface area contributed by atoms with Crippen LogP contribution in [0.5, 0.6) is 0 Å². The van der Waals surface area contributed by atoms with Gasteiger partial charge >= 0.3 is 0 Å². The Hall–Kier alpha value is -2.91. The summed E-state index contributed by atoms with van der Waals surface area (Å²) in [7, 11) is 0. The summed E-state index contributed by atoms with van der Waals surface area (Å²) in [6.07, 6.45) is 1.45. The minimum atomic E-state index is -0.677. The summed E-state index contributed by atoms with van der Waals surface area (Å²) >= 11 is 5.78. The second kappa shape index (κ2) is 8.97. The van der Waals surface area contributed by atoms with Crippen molar-refractivity contribution in [2.24, 2.45) is 16.5 Å². The standard InChI is InChI=1S/C16H21ClN8O/c17-12-14(20)24-13(19)11(23-12)15(26)25-16(21)22-10(7-4-8-18)9-5-2-1-3-6-9/h1-3,5-6,10H,4,7-8,18H2,(H4,19,20,24)(H3,21,22,25,26). The molecule has 0 saturated carbocycles. The maximum atomic E-state index is 12.3. The molecule has 1 atom stereocenters. The number of nitrogens with two attached hydrogens (primary N) is 4. The van der Waals surface area contributed by atoms with Crippen LogP contribution >= 0.6 is 11.6 Å². The van der Waals surface area contributed by atoms with Gasteiger partial charge in [0.2, 0.25) is 0 Å². The van der Waals surface area contributed by atoms with Crippen molar-refractivity contribution >= 4 is 35.1 Å². The fourth-order valence-electron chi connectivity index (χ4n) is 2.28. The lowest BCUT2D eigenvalue weighted by atomic mass is 10.0. The fourth-order valence-corrected chi connectivity index (χ4v) is 2.40. The summed E-state index contributed by atoms with van der Waals surface area (Å²) in [5.74, 6) is -0.966. The van der Waals surface area contributed by atoms with Crippen molar-refractivity contribution in [1.82, 2.24) is 15.3 Å².